The fraction of sp³-hybridized carbons (Fsp3) is 0.800. The van der Waals surface area contributed by atoms with E-state index in [9.17, 15) is 18.4 Å². The third-order valence-electron chi connectivity index (χ3n) is 6.15. The number of halogens is 2. The maximum atomic E-state index is 13.4. The van der Waals surface area contributed by atoms with Crippen LogP contribution >= 0.6 is 0 Å². The highest BCUT2D eigenvalue weighted by Crippen LogP contribution is 2.43. The Kier molecular flexibility index (Phi) is 7.32. The Hall–Kier alpha value is -1.90. The highest BCUT2D eigenvalue weighted by molar-refractivity contribution is 6.25. The number of hydrogen-bond donors (Lipinski definition) is 2. The van der Waals surface area contributed by atoms with E-state index >= 15 is 0 Å². The van der Waals surface area contributed by atoms with Crippen molar-refractivity contribution in [2.24, 2.45) is 5.92 Å². The highest BCUT2D eigenvalue weighted by atomic mass is 19.3. The van der Waals surface area contributed by atoms with E-state index in [1.54, 1.807) is 0 Å². The second-order valence-electron chi connectivity index (χ2n) is 8.42. The third-order valence-corrected chi connectivity index (χ3v) is 6.15. The van der Waals surface area contributed by atoms with Crippen LogP contribution in [-0.4, -0.2) is 46.8 Å². The first-order valence-electron chi connectivity index (χ1n) is 10.6. The van der Waals surface area contributed by atoms with Gasteiger partial charge in [0.25, 0.3) is 0 Å². The molecular weight excluding hydrogens is 382 g/mol. The van der Waals surface area contributed by atoms with Gasteiger partial charge in [-0.05, 0) is 51.0 Å². The van der Waals surface area contributed by atoms with Gasteiger partial charge in [-0.25, -0.2) is 8.78 Å². The van der Waals surface area contributed by atoms with Crippen LogP contribution in [0.2, 0.25) is 0 Å². The molecule has 0 amide bonds. The molecule has 2 atom stereocenters. The molecule has 1 heterocycles. The molecule has 0 aromatic carbocycles. The quantitative estimate of drug-likeness (QED) is 0.449. The van der Waals surface area contributed by atoms with Crippen molar-refractivity contribution < 1.29 is 22.9 Å². The van der Waals surface area contributed by atoms with E-state index < -0.39 is 5.92 Å². The van der Waals surface area contributed by atoms with E-state index in [1.807, 2.05) is 6.92 Å². The summed E-state index contributed by atoms with van der Waals surface area (Å²) in [5.41, 5.74) is 0. The molecule has 0 aliphatic heterocycles. The number of nitrogens with one attached hydrogen (secondary N) is 2. The summed E-state index contributed by atoms with van der Waals surface area (Å²) < 4.78 is 32.0. The molecule has 9 heteroatoms. The minimum atomic E-state index is -2.62. The first kappa shape index (κ1) is 21.8. The molecule has 162 valence electrons. The zero-order valence-electron chi connectivity index (χ0n) is 16.8. The van der Waals surface area contributed by atoms with Crippen LogP contribution in [-0.2, 0) is 9.59 Å². The van der Waals surface area contributed by atoms with Gasteiger partial charge in [-0.3, -0.25) is 9.59 Å². The van der Waals surface area contributed by atoms with Crippen molar-refractivity contribution in [2.45, 2.75) is 88.6 Å². The van der Waals surface area contributed by atoms with Gasteiger partial charge in [-0.1, -0.05) is 12.1 Å². The number of nitrogens with zero attached hydrogens (tertiary/aromatic N) is 2. The lowest BCUT2D eigenvalue weighted by Crippen LogP contribution is -2.37. The SMILES string of the molecule is CCC(CC(=O)C=O)NCC1CCC(Nc2nc(C3CCC(F)(F)C3)no2)CC1. The Morgan fingerprint density at radius 3 is 2.69 bits per heavy atom. The van der Waals surface area contributed by atoms with Crippen molar-refractivity contribution in [1.82, 2.24) is 15.5 Å². The minimum Gasteiger partial charge on any atom is -0.335 e. The molecular formula is C20H30F2N4O3. The van der Waals surface area contributed by atoms with Gasteiger partial charge in [0.05, 0.1) is 0 Å². The molecule has 2 saturated carbocycles. The first-order valence-corrected chi connectivity index (χ1v) is 10.6. The number of hydrogen-bond acceptors (Lipinski definition) is 7. The molecule has 0 saturated heterocycles. The van der Waals surface area contributed by atoms with Crippen LogP contribution in [0.5, 0.6) is 0 Å². The Bertz CT molecular complexity index is 689. The summed E-state index contributed by atoms with van der Waals surface area (Å²) in [6.45, 7) is 2.83. The number of carbonyl (C=O) groups excluding carboxylic acids is 2. The average molecular weight is 412 g/mol. The molecule has 7 nitrogen and oxygen atoms in total. The van der Waals surface area contributed by atoms with E-state index in [4.69, 9.17) is 4.52 Å². The van der Waals surface area contributed by atoms with E-state index in [0.29, 0.717) is 30.5 Å². The molecule has 1 aromatic heterocycles. The standard InChI is InChI=1S/C20H30F2N4O3/c1-2-15(9-17(28)12-27)23-11-13-3-5-16(6-4-13)24-19-25-18(26-29-19)14-7-8-20(21,22)10-14/h12-16,23H,2-11H2,1H3,(H,24,25,26). The number of carbonyl (C=O) groups is 2. The molecule has 0 spiro atoms. The summed E-state index contributed by atoms with van der Waals surface area (Å²) in [6, 6.07) is 0.585. The van der Waals surface area contributed by atoms with Crippen molar-refractivity contribution >= 4 is 18.1 Å². The number of ketones is 1. The lowest BCUT2D eigenvalue weighted by atomic mass is 9.86. The molecule has 2 aliphatic rings. The first-order chi connectivity index (χ1) is 13.9. The molecule has 2 fully saturated rings. The number of aldehydes is 1. The maximum Gasteiger partial charge on any atom is 0.321 e. The van der Waals surface area contributed by atoms with Crippen LogP contribution < -0.4 is 10.6 Å². The summed E-state index contributed by atoms with van der Waals surface area (Å²) in [4.78, 5) is 26.1. The Labute approximate surface area is 169 Å². The smallest absolute Gasteiger partial charge is 0.321 e. The van der Waals surface area contributed by atoms with Gasteiger partial charge in [0.15, 0.2) is 17.9 Å². The van der Waals surface area contributed by atoms with Gasteiger partial charge in [-0.2, -0.15) is 4.98 Å². The zero-order chi connectivity index (χ0) is 20.9. The lowest BCUT2D eigenvalue weighted by molar-refractivity contribution is -0.130. The zero-order valence-corrected chi connectivity index (χ0v) is 16.8. The molecule has 2 unspecified atom stereocenters. The number of rotatable bonds is 10. The predicted molar refractivity (Wildman–Crippen MR) is 103 cm³/mol. The van der Waals surface area contributed by atoms with Gasteiger partial charge < -0.3 is 15.2 Å². The number of aromatic nitrogens is 2. The molecule has 1 aromatic rings. The molecule has 0 radical (unpaired) electrons. The van der Waals surface area contributed by atoms with Crippen LogP contribution in [0.15, 0.2) is 4.52 Å². The molecule has 3 rings (SSSR count). The van der Waals surface area contributed by atoms with Gasteiger partial charge in [0, 0.05) is 37.3 Å². The van der Waals surface area contributed by atoms with Crippen LogP contribution in [0.3, 0.4) is 0 Å². The monoisotopic (exact) mass is 412 g/mol. The highest BCUT2D eigenvalue weighted by Gasteiger charge is 2.42. The van der Waals surface area contributed by atoms with Gasteiger partial charge in [0.1, 0.15) is 0 Å². The fourth-order valence-electron chi connectivity index (χ4n) is 4.30. The second-order valence-corrected chi connectivity index (χ2v) is 8.42. The van der Waals surface area contributed by atoms with E-state index in [-0.39, 0.29) is 43.0 Å². The van der Waals surface area contributed by atoms with Crippen LogP contribution in [0.25, 0.3) is 0 Å². The maximum absolute atomic E-state index is 13.4. The van der Waals surface area contributed by atoms with Crippen LogP contribution in [0.4, 0.5) is 14.8 Å². The second kappa shape index (κ2) is 9.73. The molecule has 2 N–H and O–H groups in total. The van der Waals surface area contributed by atoms with Crippen molar-refractivity contribution in [1.29, 1.82) is 0 Å². The molecule has 29 heavy (non-hydrogen) atoms. The van der Waals surface area contributed by atoms with Crippen molar-refractivity contribution in [3.05, 3.63) is 5.82 Å². The number of Topliss-reactive ketones (excluding diaryl/α,β-unsaturated/α-hetero) is 1. The normalized spacial score (nSPS) is 27.5. The van der Waals surface area contributed by atoms with Gasteiger partial charge >= 0.3 is 6.01 Å². The Morgan fingerprint density at radius 2 is 2.07 bits per heavy atom. The minimum absolute atomic E-state index is 0.0447. The number of anilines is 1. The summed E-state index contributed by atoms with van der Waals surface area (Å²) in [7, 11) is 0. The average Bonchev–Trinajstić information content (AvgIpc) is 3.32. The van der Waals surface area contributed by atoms with E-state index in [1.165, 1.54) is 0 Å². The Morgan fingerprint density at radius 1 is 1.31 bits per heavy atom. The van der Waals surface area contributed by atoms with Gasteiger partial charge in [0.2, 0.25) is 5.92 Å². The summed E-state index contributed by atoms with van der Waals surface area (Å²) >= 11 is 0. The molecule has 0 bridgehead atoms. The molecule has 2 aliphatic carbocycles. The fourth-order valence-corrected chi connectivity index (χ4v) is 4.30. The third kappa shape index (κ3) is 6.29. The Balaban J connectivity index is 1.39. The van der Waals surface area contributed by atoms with E-state index in [0.717, 1.165) is 38.6 Å². The van der Waals surface area contributed by atoms with Crippen LogP contribution in [0.1, 0.15) is 76.5 Å². The summed E-state index contributed by atoms with van der Waals surface area (Å²) in [5, 5.41) is 10.5. The van der Waals surface area contributed by atoms with Crippen LogP contribution in [0, 0.1) is 5.92 Å². The van der Waals surface area contributed by atoms with Crippen molar-refractivity contribution in [3.63, 3.8) is 0 Å². The van der Waals surface area contributed by atoms with E-state index in [2.05, 4.69) is 20.8 Å². The van der Waals surface area contributed by atoms with Crippen molar-refractivity contribution in [3.8, 4) is 0 Å². The summed E-state index contributed by atoms with van der Waals surface area (Å²) in [5.74, 6) is -2.42. The van der Waals surface area contributed by atoms with Crippen molar-refractivity contribution in [2.75, 3.05) is 11.9 Å². The topological polar surface area (TPSA) is 97.1 Å². The van der Waals surface area contributed by atoms with Gasteiger partial charge in [-0.15, -0.1) is 0 Å². The predicted octanol–water partition coefficient (Wildman–Crippen LogP) is 3.47. The largest absolute Gasteiger partial charge is 0.335 e. The lowest BCUT2D eigenvalue weighted by Gasteiger charge is -2.29. The number of alkyl halides is 2. The summed E-state index contributed by atoms with van der Waals surface area (Å²) in [6.07, 6.45) is 5.48.